The summed E-state index contributed by atoms with van der Waals surface area (Å²) in [7, 11) is 1.58. The third-order valence-electron chi connectivity index (χ3n) is 3.01. The molecule has 1 aliphatic rings. The largest absolute Gasteiger partial charge is 0.377 e. The minimum atomic E-state index is -0.213. The molecule has 1 aromatic heterocycles. The maximum absolute atomic E-state index is 11.9. The third kappa shape index (κ3) is 3.13. The number of methoxy groups -OCH3 is 1. The fourth-order valence-electron chi connectivity index (χ4n) is 2.19. The van der Waals surface area contributed by atoms with Crippen LogP contribution in [0.2, 0.25) is 5.15 Å². The van der Waals surface area contributed by atoms with Gasteiger partial charge in [-0.3, -0.25) is 4.79 Å². The lowest BCUT2D eigenvalue weighted by Crippen LogP contribution is -2.55. The molecular formula is C12H17ClN4O2. The highest BCUT2D eigenvalue weighted by Crippen LogP contribution is 2.21. The quantitative estimate of drug-likeness (QED) is 0.835. The molecule has 2 heterocycles. The second kappa shape index (κ2) is 6.16. The van der Waals surface area contributed by atoms with Crippen molar-refractivity contribution in [2.24, 2.45) is 0 Å². The molecule has 1 aliphatic heterocycles. The van der Waals surface area contributed by atoms with Gasteiger partial charge in [0.05, 0.1) is 0 Å². The monoisotopic (exact) mass is 284 g/mol. The van der Waals surface area contributed by atoms with Crippen molar-refractivity contribution in [3.05, 3.63) is 17.0 Å². The van der Waals surface area contributed by atoms with Crippen LogP contribution >= 0.6 is 11.6 Å². The van der Waals surface area contributed by atoms with Gasteiger partial charge in [-0.25, -0.2) is 9.97 Å². The Bertz CT molecular complexity index is 469. The molecule has 0 aliphatic carbocycles. The maximum Gasteiger partial charge on any atom is 0.242 e. The molecule has 7 heteroatoms. The SMILES string of the molecule is CCC1C(=O)NCCN1c1cc(Cl)nc(COC)n1. The summed E-state index contributed by atoms with van der Waals surface area (Å²) in [6.45, 7) is 3.59. The Balaban J connectivity index is 2.31. The molecule has 1 aromatic rings. The molecule has 0 spiro atoms. The molecule has 0 saturated carbocycles. The van der Waals surface area contributed by atoms with Gasteiger partial charge < -0.3 is 15.0 Å². The highest BCUT2D eigenvalue weighted by Gasteiger charge is 2.29. The number of nitrogens with zero attached hydrogens (tertiary/aromatic N) is 3. The zero-order chi connectivity index (χ0) is 13.8. The smallest absolute Gasteiger partial charge is 0.242 e. The maximum atomic E-state index is 11.9. The first-order valence-electron chi connectivity index (χ1n) is 6.22. The number of hydrogen-bond donors (Lipinski definition) is 1. The molecule has 104 valence electrons. The van der Waals surface area contributed by atoms with E-state index in [1.165, 1.54) is 0 Å². The average molecular weight is 285 g/mol. The Labute approximate surface area is 117 Å². The van der Waals surface area contributed by atoms with Crippen LogP contribution in [-0.2, 0) is 16.1 Å². The number of carbonyl (C=O) groups excluding carboxylic acids is 1. The van der Waals surface area contributed by atoms with Crippen LogP contribution in [0.1, 0.15) is 19.2 Å². The van der Waals surface area contributed by atoms with Gasteiger partial charge >= 0.3 is 0 Å². The van der Waals surface area contributed by atoms with Crippen LogP contribution in [0.4, 0.5) is 5.82 Å². The van der Waals surface area contributed by atoms with Gasteiger partial charge in [-0.15, -0.1) is 0 Å². The van der Waals surface area contributed by atoms with E-state index in [1.807, 2.05) is 11.8 Å². The number of nitrogens with one attached hydrogen (secondary N) is 1. The predicted molar refractivity (Wildman–Crippen MR) is 72.2 cm³/mol. The number of rotatable bonds is 4. The van der Waals surface area contributed by atoms with Crippen molar-refractivity contribution in [3.63, 3.8) is 0 Å². The van der Waals surface area contributed by atoms with Crippen molar-refractivity contribution in [2.75, 3.05) is 25.1 Å². The number of hydrogen-bond acceptors (Lipinski definition) is 5. The number of piperazine rings is 1. The number of aromatic nitrogens is 2. The van der Waals surface area contributed by atoms with Crippen molar-refractivity contribution < 1.29 is 9.53 Å². The molecule has 1 saturated heterocycles. The first-order chi connectivity index (χ1) is 9.15. The number of ether oxygens (including phenoxy) is 1. The van der Waals surface area contributed by atoms with Gasteiger partial charge in [0.2, 0.25) is 5.91 Å². The molecule has 1 N–H and O–H groups in total. The molecule has 19 heavy (non-hydrogen) atoms. The summed E-state index contributed by atoms with van der Waals surface area (Å²) >= 11 is 6.00. The van der Waals surface area contributed by atoms with Crippen LogP contribution in [-0.4, -0.2) is 42.1 Å². The van der Waals surface area contributed by atoms with Crippen LogP contribution in [0, 0.1) is 0 Å². The average Bonchev–Trinajstić information content (AvgIpc) is 2.38. The van der Waals surface area contributed by atoms with E-state index in [4.69, 9.17) is 16.3 Å². The van der Waals surface area contributed by atoms with Gasteiger partial charge in [-0.1, -0.05) is 18.5 Å². The third-order valence-corrected chi connectivity index (χ3v) is 3.21. The Morgan fingerprint density at radius 3 is 3.05 bits per heavy atom. The van der Waals surface area contributed by atoms with Crippen molar-refractivity contribution in [1.29, 1.82) is 0 Å². The van der Waals surface area contributed by atoms with Crippen LogP contribution < -0.4 is 10.2 Å². The summed E-state index contributed by atoms with van der Waals surface area (Å²) in [6, 6.07) is 1.47. The zero-order valence-corrected chi connectivity index (χ0v) is 11.8. The highest BCUT2D eigenvalue weighted by atomic mass is 35.5. The van der Waals surface area contributed by atoms with E-state index >= 15 is 0 Å². The minimum absolute atomic E-state index is 0.0248. The number of anilines is 1. The Hall–Kier alpha value is -1.40. The van der Waals surface area contributed by atoms with Crippen molar-refractivity contribution in [1.82, 2.24) is 15.3 Å². The first-order valence-corrected chi connectivity index (χ1v) is 6.60. The van der Waals surface area contributed by atoms with Crippen molar-refractivity contribution in [2.45, 2.75) is 26.0 Å². The molecule has 0 radical (unpaired) electrons. The van der Waals surface area contributed by atoms with Gasteiger partial charge in [0.1, 0.15) is 23.6 Å². The zero-order valence-electron chi connectivity index (χ0n) is 11.0. The number of halogens is 1. The normalized spacial score (nSPS) is 19.4. The standard InChI is InChI=1S/C12H17ClN4O2/c1-3-8-12(18)14-4-5-17(8)11-6-9(13)15-10(16-11)7-19-2/h6,8H,3-5,7H2,1-2H3,(H,14,18). The summed E-state index contributed by atoms with van der Waals surface area (Å²) < 4.78 is 5.02. The van der Waals surface area contributed by atoms with E-state index < -0.39 is 0 Å². The lowest BCUT2D eigenvalue weighted by molar-refractivity contribution is -0.123. The summed E-state index contributed by atoms with van der Waals surface area (Å²) in [5.74, 6) is 1.22. The van der Waals surface area contributed by atoms with E-state index in [1.54, 1.807) is 13.2 Å². The summed E-state index contributed by atoms with van der Waals surface area (Å²) in [5.41, 5.74) is 0. The number of carbonyl (C=O) groups is 1. The number of amides is 1. The summed E-state index contributed by atoms with van der Waals surface area (Å²) in [6.07, 6.45) is 0.715. The molecule has 0 bridgehead atoms. The molecule has 6 nitrogen and oxygen atoms in total. The predicted octanol–water partition coefficient (Wildman–Crippen LogP) is 0.991. The van der Waals surface area contributed by atoms with Crippen LogP contribution in [0.15, 0.2) is 6.07 Å². The highest BCUT2D eigenvalue weighted by molar-refractivity contribution is 6.29. The first kappa shape index (κ1) is 14.0. The molecular weight excluding hydrogens is 268 g/mol. The van der Waals surface area contributed by atoms with Crippen molar-refractivity contribution in [3.8, 4) is 0 Å². The fourth-order valence-corrected chi connectivity index (χ4v) is 2.38. The summed E-state index contributed by atoms with van der Waals surface area (Å²) in [5, 5.41) is 3.21. The Kier molecular flexibility index (Phi) is 4.55. The van der Waals surface area contributed by atoms with Crippen LogP contribution in [0.5, 0.6) is 0 Å². The van der Waals surface area contributed by atoms with Gasteiger partial charge in [0.25, 0.3) is 0 Å². The molecule has 1 amide bonds. The van der Waals surface area contributed by atoms with Gasteiger partial charge in [0, 0.05) is 26.3 Å². The second-order valence-corrected chi connectivity index (χ2v) is 4.69. The van der Waals surface area contributed by atoms with E-state index in [-0.39, 0.29) is 11.9 Å². The van der Waals surface area contributed by atoms with E-state index in [2.05, 4.69) is 15.3 Å². The lowest BCUT2D eigenvalue weighted by Gasteiger charge is -2.35. The second-order valence-electron chi connectivity index (χ2n) is 4.31. The van der Waals surface area contributed by atoms with Crippen LogP contribution in [0.3, 0.4) is 0 Å². The fraction of sp³-hybridized carbons (Fsp3) is 0.583. The van der Waals surface area contributed by atoms with Crippen LogP contribution in [0.25, 0.3) is 0 Å². The van der Waals surface area contributed by atoms with Gasteiger partial charge in [-0.2, -0.15) is 0 Å². The van der Waals surface area contributed by atoms with Crippen molar-refractivity contribution >= 4 is 23.3 Å². The van der Waals surface area contributed by atoms with Gasteiger partial charge in [0.15, 0.2) is 5.82 Å². The van der Waals surface area contributed by atoms with E-state index in [0.29, 0.717) is 42.9 Å². The lowest BCUT2D eigenvalue weighted by atomic mass is 10.1. The van der Waals surface area contributed by atoms with E-state index in [9.17, 15) is 4.79 Å². The molecule has 1 unspecified atom stereocenters. The Morgan fingerprint density at radius 1 is 1.58 bits per heavy atom. The summed E-state index contributed by atoms with van der Waals surface area (Å²) in [4.78, 5) is 22.3. The molecule has 1 fully saturated rings. The topological polar surface area (TPSA) is 67.4 Å². The Morgan fingerprint density at radius 2 is 2.37 bits per heavy atom. The van der Waals surface area contributed by atoms with Gasteiger partial charge in [-0.05, 0) is 6.42 Å². The van der Waals surface area contributed by atoms with E-state index in [0.717, 1.165) is 0 Å². The minimum Gasteiger partial charge on any atom is -0.377 e. The molecule has 2 rings (SSSR count). The molecule has 0 aromatic carbocycles. The molecule has 1 atom stereocenters.